The van der Waals surface area contributed by atoms with Crippen molar-refractivity contribution in [1.82, 2.24) is 4.90 Å². The summed E-state index contributed by atoms with van der Waals surface area (Å²) >= 11 is 2.38. The van der Waals surface area contributed by atoms with Crippen LogP contribution in [0.25, 0.3) is 0 Å². The van der Waals surface area contributed by atoms with Gasteiger partial charge in [0.2, 0.25) is 6.79 Å². The van der Waals surface area contributed by atoms with Gasteiger partial charge in [0, 0.05) is 16.7 Å². The Kier molecular flexibility index (Phi) is 8.93. The van der Waals surface area contributed by atoms with Crippen LogP contribution in [0.1, 0.15) is 23.1 Å². The summed E-state index contributed by atoms with van der Waals surface area (Å²) in [5, 5.41) is 0. The van der Waals surface area contributed by atoms with Crippen molar-refractivity contribution in [3.05, 3.63) is 80.9 Å². The van der Waals surface area contributed by atoms with Gasteiger partial charge >= 0.3 is 0 Å². The quantitative estimate of drug-likeness (QED) is 0.258. The molecule has 0 bridgehead atoms. The highest BCUT2D eigenvalue weighted by Crippen LogP contribution is 2.32. The zero-order valence-electron chi connectivity index (χ0n) is 19.9. The van der Waals surface area contributed by atoms with E-state index in [1.54, 1.807) is 14.2 Å². The van der Waals surface area contributed by atoms with E-state index in [2.05, 4.69) is 76.0 Å². The van der Waals surface area contributed by atoms with E-state index in [0.29, 0.717) is 6.79 Å². The molecule has 3 aromatic carbocycles. The molecule has 0 unspecified atom stereocenters. The fourth-order valence-electron chi connectivity index (χ4n) is 4.24. The fraction of sp³-hybridized carbons (Fsp3) is 0.357. The van der Waals surface area contributed by atoms with Crippen molar-refractivity contribution in [1.29, 1.82) is 0 Å². The maximum absolute atomic E-state index is 5.56. The number of ether oxygens (including phenoxy) is 4. The molecule has 0 spiro atoms. The highest BCUT2D eigenvalue weighted by molar-refractivity contribution is 14.1. The van der Waals surface area contributed by atoms with Crippen LogP contribution in [-0.4, -0.2) is 45.5 Å². The number of rotatable bonds is 12. The maximum Gasteiger partial charge on any atom is 0.231 e. The highest BCUT2D eigenvalue weighted by atomic mass is 127. The minimum atomic E-state index is 0.314. The zero-order valence-corrected chi connectivity index (χ0v) is 22.0. The Balaban J connectivity index is 1.37. The Morgan fingerprint density at radius 2 is 1.44 bits per heavy atom. The van der Waals surface area contributed by atoms with Gasteiger partial charge in [0.15, 0.2) is 23.0 Å². The Morgan fingerprint density at radius 1 is 0.735 bits per heavy atom. The van der Waals surface area contributed by atoms with Crippen molar-refractivity contribution >= 4 is 22.6 Å². The third kappa shape index (κ3) is 6.79. The lowest BCUT2D eigenvalue weighted by molar-refractivity contribution is 0.174. The number of hydrogen-bond acceptors (Lipinski definition) is 5. The highest BCUT2D eigenvalue weighted by Gasteiger charge is 2.14. The Labute approximate surface area is 216 Å². The fourth-order valence-corrected chi connectivity index (χ4v) is 4.85. The lowest BCUT2D eigenvalue weighted by atomic mass is 10.1. The predicted octanol–water partition coefficient (Wildman–Crippen LogP) is 5.76. The largest absolute Gasteiger partial charge is 0.493 e. The molecular weight excluding hydrogens is 541 g/mol. The van der Waals surface area contributed by atoms with Crippen LogP contribution in [0.2, 0.25) is 0 Å². The Bertz CT molecular complexity index is 1090. The first-order chi connectivity index (χ1) is 16.6. The molecule has 1 aliphatic heterocycles. The van der Waals surface area contributed by atoms with E-state index in [0.717, 1.165) is 68.3 Å². The van der Waals surface area contributed by atoms with Gasteiger partial charge < -0.3 is 23.8 Å². The van der Waals surface area contributed by atoms with Crippen LogP contribution >= 0.6 is 22.6 Å². The van der Waals surface area contributed by atoms with Crippen LogP contribution in [0.5, 0.6) is 23.0 Å². The van der Waals surface area contributed by atoms with Gasteiger partial charge in [-0.1, -0.05) is 24.3 Å². The van der Waals surface area contributed by atoms with Crippen LogP contribution in [0.3, 0.4) is 0 Å². The van der Waals surface area contributed by atoms with E-state index >= 15 is 0 Å². The summed E-state index contributed by atoms with van der Waals surface area (Å²) in [5.74, 6) is 3.24. The van der Waals surface area contributed by atoms with Gasteiger partial charge in [-0.05, 0) is 108 Å². The summed E-state index contributed by atoms with van der Waals surface area (Å²) in [6.45, 7) is 3.36. The molecule has 0 N–H and O–H groups in total. The molecule has 180 valence electrons. The van der Waals surface area contributed by atoms with Crippen LogP contribution in [0.4, 0.5) is 0 Å². The number of aryl methyl sites for hydroxylation is 1. The average molecular weight is 573 g/mol. The normalized spacial score (nSPS) is 12.2. The van der Waals surface area contributed by atoms with Crippen LogP contribution < -0.4 is 18.9 Å². The standard InChI is InChI=1S/C28H32INO4/c1-31-25-10-8-22(18-27(25)32-2)12-15-30(14-4-6-21-5-3-7-24(29)17-21)16-13-23-9-11-26-28(19-23)34-20-33-26/h3,5,7-11,17-19H,4,6,12-16,20H2,1-2H3. The second-order valence-electron chi connectivity index (χ2n) is 8.45. The zero-order chi connectivity index (χ0) is 23.8. The summed E-state index contributed by atoms with van der Waals surface area (Å²) in [4.78, 5) is 2.56. The van der Waals surface area contributed by atoms with Gasteiger partial charge in [0.25, 0.3) is 0 Å². The van der Waals surface area contributed by atoms with E-state index in [1.807, 2.05) is 12.1 Å². The van der Waals surface area contributed by atoms with Gasteiger partial charge in [-0.2, -0.15) is 0 Å². The van der Waals surface area contributed by atoms with Gasteiger partial charge in [-0.3, -0.25) is 0 Å². The SMILES string of the molecule is COc1ccc(CCN(CCCc2cccc(I)c2)CCc2ccc3c(c2)OCO3)cc1OC. The monoisotopic (exact) mass is 573 g/mol. The van der Waals surface area contributed by atoms with E-state index in [4.69, 9.17) is 18.9 Å². The molecule has 0 aromatic heterocycles. The van der Waals surface area contributed by atoms with Crippen LogP contribution in [-0.2, 0) is 19.3 Å². The lowest BCUT2D eigenvalue weighted by Crippen LogP contribution is -2.30. The van der Waals surface area contributed by atoms with Crippen LogP contribution in [0.15, 0.2) is 60.7 Å². The number of nitrogens with zero attached hydrogens (tertiary/aromatic N) is 1. The van der Waals surface area contributed by atoms with Crippen molar-refractivity contribution < 1.29 is 18.9 Å². The molecule has 0 saturated heterocycles. The number of hydrogen-bond donors (Lipinski definition) is 0. The molecule has 0 saturated carbocycles. The van der Waals surface area contributed by atoms with Gasteiger partial charge in [0.1, 0.15) is 0 Å². The van der Waals surface area contributed by atoms with Gasteiger partial charge in [0.05, 0.1) is 14.2 Å². The maximum atomic E-state index is 5.56. The first-order valence-corrected chi connectivity index (χ1v) is 12.8. The second kappa shape index (κ2) is 12.3. The minimum Gasteiger partial charge on any atom is -0.493 e. The average Bonchev–Trinajstić information content (AvgIpc) is 3.33. The number of methoxy groups -OCH3 is 2. The van der Waals surface area contributed by atoms with Gasteiger partial charge in [-0.25, -0.2) is 0 Å². The molecule has 6 heteroatoms. The van der Waals surface area contributed by atoms with E-state index in [9.17, 15) is 0 Å². The number of benzene rings is 3. The van der Waals surface area contributed by atoms with Crippen molar-refractivity contribution in [3.8, 4) is 23.0 Å². The summed E-state index contributed by atoms with van der Waals surface area (Å²) in [6, 6.07) is 21.3. The molecule has 0 radical (unpaired) electrons. The summed E-state index contributed by atoms with van der Waals surface area (Å²) in [5.41, 5.74) is 3.93. The first-order valence-electron chi connectivity index (χ1n) is 11.7. The third-order valence-corrected chi connectivity index (χ3v) is 6.82. The van der Waals surface area contributed by atoms with Crippen molar-refractivity contribution in [2.45, 2.75) is 25.7 Å². The predicted molar refractivity (Wildman–Crippen MR) is 143 cm³/mol. The van der Waals surface area contributed by atoms with Crippen molar-refractivity contribution in [2.75, 3.05) is 40.6 Å². The minimum absolute atomic E-state index is 0.314. The van der Waals surface area contributed by atoms with Gasteiger partial charge in [-0.15, -0.1) is 0 Å². The molecule has 4 rings (SSSR count). The smallest absolute Gasteiger partial charge is 0.231 e. The molecule has 0 amide bonds. The molecule has 0 aliphatic carbocycles. The van der Waals surface area contributed by atoms with E-state index in [1.165, 1.54) is 20.3 Å². The second-order valence-corrected chi connectivity index (χ2v) is 9.70. The molecule has 5 nitrogen and oxygen atoms in total. The van der Waals surface area contributed by atoms with E-state index < -0.39 is 0 Å². The Morgan fingerprint density at radius 3 is 2.21 bits per heavy atom. The molecule has 1 heterocycles. The Hall–Kier alpha value is -2.45. The molecule has 0 atom stereocenters. The molecule has 0 fully saturated rings. The summed E-state index contributed by atoms with van der Waals surface area (Å²) < 4.78 is 23.2. The topological polar surface area (TPSA) is 40.2 Å². The van der Waals surface area contributed by atoms with E-state index in [-0.39, 0.29) is 0 Å². The lowest BCUT2D eigenvalue weighted by Gasteiger charge is -2.23. The third-order valence-electron chi connectivity index (χ3n) is 6.15. The molecule has 3 aromatic rings. The summed E-state index contributed by atoms with van der Waals surface area (Å²) in [6.07, 6.45) is 4.16. The van der Waals surface area contributed by atoms with Crippen molar-refractivity contribution in [2.24, 2.45) is 0 Å². The molecule has 34 heavy (non-hydrogen) atoms. The molecular formula is C28H32INO4. The molecule has 1 aliphatic rings. The van der Waals surface area contributed by atoms with Crippen LogP contribution in [0, 0.1) is 3.57 Å². The number of fused-ring (bicyclic) bond motifs is 1. The first kappa shape index (κ1) is 24.7. The summed E-state index contributed by atoms with van der Waals surface area (Å²) in [7, 11) is 3.35. The number of halogens is 1. The van der Waals surface area contributed by atoms with Crippen molar-refractivity contribution in [3.63, 3.8) is 0 Å².